The number of unbranched alkanes of at least 4 members (excludes halogenated alkanes) is 1. The van der Waals surface area contributed by atoms with Gasteiger partial charge in [-0.1, -0.05) is 22.0 Å². The molecular weight excluding hydrogens is 268 g/mol. The van der Waals surface area contributed by atoms with E-state index in [9.17, 15) is 4.79 Å². The van der Waals surface area contributed by atoms with Crippen LogP contribution in [0.15, 0.2) is 35.3 Å². The summed E-state index contributed by atoms with van der Waals surface area (Å²) in [4.78, 5) is 11.4. The number of carbonyl (C=O) groups is 1. The van der Waals surface area contributed by atoms with E-state index < -0.39 is 0 Å². The molecule has 0 N–H and O–H groups in total. The van der Waals surface area contributed by atoms with Crippen molar-refractivity contribution in [3.8, 4) is 5.75 Å². The molecule has 16 heavy (non-hydrogen) atoms. The number of benzene rings is 1. The molecule has 0 aromatic heterocycles. The van der Waals surface area contributed by atoms with Gasteiger partial charge in [0.05, 0.1) is 12.2 Å². The van der Waals surface area contributed by atoms with Crippen LogP contribution in [0.25, 0.3) is 0 Å². The van der Waals surface area contributed by atoms with Crippen LogP contribution < -0.4 is 4.74 Å². The molecule has 0 saturated heterocycles. The number of rotatable bonds is 6. The predicted molar refractivity (Wildman–Crippen MR) is 69.1 cm³/mol. The quantitative estimate of drug-likeness (QED) is 0.448. The maximum absolute atomic E-state index is 11.4. The summed E-state index contributed by atoms with van der Waals surface area (Å²) in [5.74, 6) is 0.666. The summed E-state index contributed by atoms with van der Waals surface area (Å²) in [7, 11) is 0. The van der Waals surface area contributed by atoms with Crippen LogP contribution in [0.2, 0.25) is 0 Å². The lowest BCUT2D eigenvalue weighted by Gasteiger charge is -2.09. The summed E-state index contributed by atoms with van der Waals surface area (Å²) in [6, 6.07) is 5.47. The second-order valence-electron chi connectivity index (χ2n) is 3.48. The number of hydrogen-bond donors (Lipinski definition) is 0. The lowest BCUT2D eigenvalue weighted by atomic mass is 10.1. The van der Waals surface area contributed by atoms with Gasteiger partial charge in [0.25, 0.3) is 0 Å². The van der Waals surface area contributed by atoms with Crippen LogP contribution in [-0.4, -0.2) is 12.4 Å². The normalized spacial score (nSPS) is 9.88. The van der Waals surface area contributed by atoms with Gasteiger partial charge in [-0.05, 0) is 38.0 Å². The highest BCUT2D eigenvalue weighted by molar-refractivity contribution is 9.10. The molecule has 0 aliphatic rings. The SMILES string of the molecule is C=CCCCOc1ccc(Br)cc1C(C)=O. The molecule has 0 radical (unpaired) electrons. The van der Waals surface area contributed by atoms with Crippen LogP contribution in [0, 0.1) is 0 Å². The summed E-state index contributed by atoms with van der Waals surface area (Å²) in [6.07, 6.45) is 3.69. The zero-order valence-electron chi connectivity index (χ0n) is 9.33. The Morgan fingerprint density at radius 1 is 1.56 bits per heavy atom. The van der Waals surface area contributed by atoms with Gasteiger partial charge >= 0.3 is 0 Å². The van der Waals surface area contributed by atoms with Gasteiger partial charge in [-0.3, -0.25) is 4.79 Å². The molecule has 0 fully saturated rings. The monoisotopic (exact) mass is 282 g/mol. The van der Waals surface area contributed by atoms with Crippen molar-refractivity contribution in [2.45, 2.75) is 19.8 Å². The zero-order valence-corrected chi connectivity index (χ0v) is 10.9. The third-order valence-corrected chi connectivity index (χ3v) is 2.62. The van der Waals surface area contributed by atoms with Gasteiger partial charge < -0.3 is 4.74 Å². The Labute approximate surface area is 104 Å². The topological polar surface area (TPSA) is 26.3 Å². The number of ketones is 1. The van der Waals surface area contributed by atoms with E-state index in [0.29, 0.717) is 17.9 Å². The van der Waals surface area contributed by atoms with E-state index in [2.05, 4.69) is 22.5 Å². The van der Waals surface area contributed by atoms with E-state index in [-0.39, 0.29) is 5.78 Å². The smallest absolute Gasteiger partial charge is 0.163 e. The maximum atomic E-state index is 11.4. The fraction of sp³-hybridized carbons (Fsp3) is 0.308. The van der Waals surface area contributed by atoms with E-state index >= 15 is 0 Å². The molecule has 0 spiro atoms. The molecule has 0 unspecified atom stereocenters. The van der Waals surface area contributed by atoms with Crippen LogP contribution in [0.1, 0.15) is 30.1 Å². The summed E-state index contributed by atoms with van der Waals surface area (Å²) < 4.78 is 6.45. The first-order chi connectivity index (χ1) is 7.65. The van der Waals surface area contributed by atoms with E-state index in [1.165, 1.54) is 0 Å². The lowest BCUT2D eigenvalue weighted by molar-refractivity contribution is 0.101. The molecule has 1 aromatic rings. The molecule has 0 atom stereocenters. The number of halogens is 1. The Balaban J connectivity index is 2.71. The van der Waals surface area contributed by atoms with Gasteiger partial charge in [0, 0.05) is 4.47 Å². The molecule has 0 amide bonds. The summed E-state index contributed by atoms with van der Waals surface area (Å²) in [6.45, 7) is 5.79. The molecule has 0 heterocycles. The standard InChI is InChI=1S/C13H15BrO2/c1-3-4-5-8-16-13-7-6-11(14)9-12(13)10(2)15/h3,6-7,9H,1,4-5,8H2,2H3. The Morgan fingerprint density at radius 3 is 2.94 bits per heavy atom. The number of ether oxygens (including phenoxy) is 1. The Bertz CT molecular complexity index is 386. The van der Waals surface area contributed by atoms with E-state index in [4.69, 9.17) is 4.74 Å². The largest absolute Gasteiger partial charge is 0.493 e. The first kappa shape index (κ1) is 13.0. The molecule has 1 rings (SSSR count). The number of Topliss-reactive ketones (excluding diaryl/α,β-unsaturated/α-hetero) is 1. The van der Waals surface area contributed by atoms with Crippen LogP contribution in [0.5, 0.6) is 5.75 Å². The Kier molecular flexibility index (Phi) is 5.26. The highest BCUT2D eigenvalue weighted by Gasteiger charge is 2.08. The minimum absolute atomic E-state index is 0.0139. The molecule has 0 saturated carbocycles. The van der Waals surface area contributed by atoms with Crippen molar-refractivity contribution in [3.05, 3.63) is 40.9 Å². The predicted octanol–water partition coefficient (Wildman–Crippen LogP) is 4.00. The molecule has 2 nitrogen and oxygen atoms in total. The zero-order chi connectivity index (χ0) is 12.0. The van der Waals surface area contributed by atoms with E-state index in [1.807, 2.05) is 18.2 Å². The Hall–Kier alpha value is -1.09. The highest BCUT2D eigenvalue weighted by Crippen LogP contribution is 2.23. The molecule has 1 aromatic carbocycles. The van der Waals surface area contributed by atoms with Gasteiger partial charge in [0.15, 0.2) is 5.78 Å². The number of carbonyl (C=O) groups excluding carboxylic acids is 1. The van der Waals surface area contributed by atoms with Crippen molar-refractivity contribution in [3.63, 3.8) is 0 Å². The van der Waals surface area contributed by atoms with Crippen LogP contribution in [-0.2, 0) is 0 Å². The summed E-state index contributed by atoms with van der Waals surface area (Å²) >= 11 is 3.34. The number of allylic oxidation sites excluding steroid dienone is 1. The number of hydrogen-bond acceptors (Lipinski definition) is 2. The maximum Gasteiger partial charge on any atom is 0.163 e. The van der Waals surface area contributed by atoms with Crippen molar-refractivity contribution < 1.29 is 9.53 Å². The van der Waals surface area contributed by atoms with E-state index in [0.717, 1.165) is 17.3 Å². The van der Waals surface area contributed by atoms with Gasteiger partial charge in [0.2, 0.25) is 0 Å². The Morgan fingerprint density at radius 2 is 2.31 bits per heavy atom. The van der Waals surface area contributed by atoms with Crippen molar-refractivity contribution in [2.75, 3.05) is 6.61 Å². The fourth-order valence-corrected chi connectivity index (χ4v) is 1.67. The minimum Gasteiger partial charge on any atom is -0.493 e. The summed E-state index contributed by atoms with van der Waals surface area (Å²) in [5, 5.41) is 0. The van der Waals surface area contributed by atoms with Crippen LogP contribution >= 0.6 is 15.9 Å². The molecule has 0 aliphatic heterocycles. The molecule has 3 heteroatoms. The molecular formula is C13H15BrO2. The van der Waals surface area contributed by atoms with Crippen LogP contribution in [0.3, 0.4) is 0 Å². The second-order valence-corrected chi connectivity index (χ2v) is 4.39. The van der Waals surface area contributed by atoms with Crippen molar-refractivity contribution in [1.29, 1.82) is 0 Å². The van der Waals surface area contributed by atoms with Gasteiger partial charge in [-0.15, -0.1) is 6.58 Å². The van der Waals surface area contributed by atoms with Gasteiger partial charge in [-0.2, -0.15) is 0 Å². The average Bonchev–Trinajstić information content (AvgIpc) is 2.26. The van der Waals surface area contributed by atoms with Crippen LogP contribution in [0.4, 0.5) is 0 Å². The first-order valence-corrected chi connectivity index (χ1v) is 5.98. The summed E-state index contributed by atoms with van der Waals surface area (Å²) in [5.41, 5.74) is 0.618. The molecule has 0 bridgehead atoms. The van der Waals surface area contributed by atoms with Gasteiger partial charge in [0.1, 0.15) is 5.75 Å². The third-order valence-electron chi connectivity index (χ3n) is 2.13. The third kappa shape index (κ3) is 3.81. The van der Waals surface area contributed by atoms with Crippen molar-refractivity contribution in [2.24, 2.45) is 0 Å². The highest BCUT2D eigenvalue weighted by atomic mass is 79.9. The molecule has 0 aliphatic carbocycles. The van der Waals surface area contributed by atoms with E-state index in [1.54, 1.807) is 13.0 Å². The first-order valence-electron chi connectivity index (χ1n) is 5.19. The van der Waals surface area contributed by atoms with Crippen molar-refractivity contribution >= 4 is 21.7 Å². The minimum atomic E-state index is 0.0139. The molecule has 86 valence electrons. The lowest BCUT2D eigenvalue weighted by Crippen LogP contribution is -2.02. The second kappa shape index (κ2) is 6.48. The fourth-order valence-electron chi connectivity index (χ4n) is 1.31. The van der Waals surface area contributed by atoms with Gasteiger partial charge in [-0.25, -0.2) is 0 Å². The average molecular weight is 283 g/mol. The van der Waals surface area contributed by atoms with Crippen molar-refractivity contribution in [1.82, 2.24) is 0 Å².